The molecule has 0 aliphatic heterocycles. The van der Waals surface area contributed by atoms with E-state index in [-0.39, 0.29) is 0 Å². The first-order valence-corrected chi connectivity index (χ1v) is 4.18. The van der Waals surface area contributed by atoms with Gasteiger partial charge in [-0.25, -0.2) is 0 Å². The Morgan fingerprint density at radius 1 is 1.42 bits per heavy atom. The fourth-order valence-corrected chi connectivity index (χ4v) is 0.706. The average molecular weight is 164 g/mol. The van der Waals surface area contributed by atoms with Crippen molar-refractivity contribution < 1.29 is 0 Å². The van der Waals surface area contributed by atoms with Gasteiger partial charge in [-0.15, -0.1) is 0 Å². The molecule has 0 saturated heterocycles. The van der Waals surface area contributed by atoms with E-state index in [4.69, 9.17) is 0 Å². The monoisotopic (exact) mass is 164 g/mol. The van der Waals surface area contributed by atoms with Gasteiger partial charge in [0.2, 0.25) is 0 Å². The standard InChI is InChI=1S/C8H10N2.C2H6/c1-7(9-2)8-4-3-5-10-6-8;1-2/h3-6H,1-2H3;1-2H3. The molecular weight excluding hydrogens is 148 g/mol. The van der Waals surface area contributed by atoms with Gasteiger partial charge in [-0.2, -0.15) is 0 Å². The van der Waals surface area contributed by atoms with Crippen LogP contribution < -0.4 is 0 Å². The molecule has 0 radical (unpaired) electrons. The highest BCUT2D eigenvalue weighted by Gasteiger charge is 1.91. The maximum atomic E-state index is 4.04. The van der Waals surface area contributed by atoms with Gasteiger partial charge in [0.1, 0.15) is 0 Å². The third-order valence-corrected chi connectivity index (χ3v) is 1.41. The van der Waals surface area contributed by atoms with Crippen molar-refractivity contribution in [1.82, 2.24) is 4.98 Å². The molecule has 12 heavy (non-hydrogen) atoms. The number of hydrogen-bond donors (Lipinski definition) is 0. The van der Waals surface area contributed by atoms with E-state index < -0.39 is 0 Å². The van der Waals surface area contributed by atoms with Crippen molar-refractivity contribution >= 4 is 5.71 Å². The Kier molecular flexibility index (Phi) is 5.88. The van der Waals surface area contributed by atoms with Crippen molar-refractivity contribution in [2.75, 3.05) is 7.05 Å². The minimum Gasteiger partial charge on any atom is -0.293 e. The molecule has 0 unspecified atom stereocenters. The molecule has 0 atom stereocenters. The van der Waals surface area contributed by atoms with Crippen LogP contribution in [0.15, 0.2) is 29.5 Å². The van der Waals surface area contributed by atoms with Gasteiger partial charge in [-0.05, 0) is 13.0 Å². The summed E-state index contributed by atoms with van der Waals surface area (Å²) in [6, 6.07) is 3.90. The molecule has 1 rings (SSSR count). The third kappa shape index (κ3) is 3.28. The summed E-state index contributed by atoms with van der Waals surface area (Å²) in [6.07, 6.45) is 3.56. The fourth-order valence-electron chi connectivity index (χ4n) is 0.706. The first-order valence-electron chi connectivity index (χ1n) is 4.18. The van der Waals surface area contributed by atoms with Crippen molar-refractivity contribution in [3.05, 3.63) is 30.1 Å². The Labute approximate surface area is 74.4 Å². The number of nitrogens with zero attached hydrogens (tertiary/aromatic N) is 2. The van der Waals surface area contributed by atoms with Gasteiger partial charge in [-0.3, -0.25) is 9.98 Å². The molecule has 0 amide bonds. The van der Waals surface area contributed by atoms with E-state index in [0.717, 1.165) is 11.3 Å². The van der Waals surface area contributed by atoms with Gasteiger partial charge in [-0.1, -0.05) is 19.9 Å². The summed E-state index contributed by atoms with van der Waals surface area (Å²) in [4.78, 5) is 8.01. The number of hydrogen-bond acceptors (Lipinski definition) is 2. The maximum Gasteiger partial charge on any atom is 0.0401 e. The topological polar surface area (TPSA) is 25.2 Å². The summed E-state index contributed by atoms with van der Waals surface area (Å²) < 4.78 is 0. The molecule has 2 heteroatoms. The predicted octanol–water partition coefficient (Wildman–Crippen LogP) is 2.55. The molecule has 0 aliphatic carbocycles. The van der Waals surface area contributed by atoms with E-state index >= 15 is 0 Å². The molecule has 1 heterocycles. The van der Waals surface area contributed by atoms with Crippen LogP contribution in [0.4, 0.5) is 0 Å². The molecule has 66 valence electrons. The van der Waals surface area contributed by atoms with Crippen LogP contribution in [-0.4, -0.2) is 17.7 Å². The lowest BCUT2D eigenvalue weighted by molar-refractivity contribution is 1.30. The molecule has 0 aliphatic rings. The summed E-state index contributed by atoms with van der Waals surface area (Å²) in [6.45, 7) is 5.97. The summed E-state index contributed by atoms with van der Waals surface area (Å²) in [7, 11) is 1.78. The summed E-state index contributed by atoms with van der Waals surface area (Å²) in [5.74, 6) is 0. The lowest BCUT2D eigenvalue weighted by Gasteiger charge is -1.95. The van der Waals surface area contributed by atoms with E-state index in [9.17, 15) is 0 Å². The van der Waals surface area contributed by atoms with Crippen molar-refractivity contribution in [1.29, 1.82) is 0 Å². The summed E-state index contributed by atoms with van der Waals surface area (Å²) in [5.41, 5.74) is 2.11. The minimum atomic E-state index is 1.02. The van der Waals surface area contributed by atoms with E-state index in [1.807, 2.05) is 39.1 Å². The Bertz CT molecular complexity index is 227. The van der Waals surface area contributed by atoms with Gasteiger partial charge in [0, 0.05) is 30.7 Å². The average Bonchev–Trinajstić information content (AvgIpc) is 2.21. The lowest BCUT2D eigenvalue weighted by atomic mass is 10.2. The van der Waals surface area contributed by atoms with Crippen LogP contribution >= 0.6 is 0 Å². The van der Waals surface area contributed by atoms with Gasteiger partial charge in [0.25, 0.3) is 0 Å². The highest BCUT2D eigenvalue weighted by Crippen LogP contribution is 1.96. The Hall–Kier alpha value is -1.18. The number of rotatable bonds is 1. The van der Waals surface area contributed by atoms with Crippen LogP contribution in [0.5, 0.6) is 0 Å². The highest BCUT2D eigenvalue weighted by molar-refractivity contribution is 5.98. The van der Waals surface area contributed by atoms with E-state index in [2.05, 4.69) is 9.98 Å². The smallest absolute Gasteiger partial charge is 0.0401 e. The lowest BCUT2D eigenvalue weighted by Crippen LogP contribution is -1.93. The van der Waals surface area contributed by atoms with Gasteiger partial charge in [0.05, 0.1) is 0 Å². The Morgan fingerprint density at radius 3 is 2.50 bits per heavy atom. The first kappa shape index (κ1) is 10.8. The zero-order valence-corrected chi connectivity index (χ0v) is 8.20. The van der Waals surface area contributed by atoms with Gasteiger partial charge < -0.3 is 0 Å². The third-order valence-electron chi connectivity index (χ3n) is 1.41. The van der Waals surface area contributed by atoms with Crippen molar-refractivity contribution in [3.63, 3.8) is 0 Å². The molecule has 0 bridgehead atoms. The first-order chi connectivity index (χ1) is 5.84. The Morgan fingerprint density at radius 2 is 2.08 bits per heavy atom. The Balaban J connectivity index is 0.000000561. The molecule has 2 nitrogen and oxygen atoms in total. The quantitative estimate of drug-likeness (QED) is 0.585. The molecular formula is C10H16N2. The van der Waals surface area contributed by atoms with Crippen molar-refractivity contribution in [2.24, 2.45) is 4.99 Å². The highest BCUT2D eigenvalue weighted by atomic mass is 14.7. The van der Waals surface area contributed by atoms with Crippen LogP contribution in [0.25, 0.3) is 0 Å². The minimum absolute atomic E-state index is 1.02. The van der Waals surface area contributed by atoms with Crippen LogP contribution in [0.3, 0.4) is 0 Å². The van der Waals surface area contributed by atoms with Crippen LogP contribution in [0.1, 0.15) is 26.3 Å². The van der Waals surface area contributed by atoms with Crippen molar-refractivity contribution in [3.8, 4) is 0 Å². The zero-order valence-electron chi connectivity index (χ0n) is 8.20. The van der Waals surface area contributed by atoms with Crippen LogP contribution in [-0.2, 0) is 0 Å². The molecule has 1 aromatic heterocycles. The second kappa shape index (κ2) is 6.53. The predicted molar refractivity (Wildman–Crippen MR) is 53.7 cm³/mol. The largest absolute Gasteiger partial charge is 0.293 e. The molecule has 0 N–H and O–H groups in total. The number of aliphatic imine (C=N–C) groups is 1. The second-order valence-electron chi connectivity index (χ2n) is 2.05. The van der Waals surface area contributed by atoms with Crippen molar-refractivity contribution in [2.45, 2.75) is 20.8 Å². The van der Waals surface area contributed by atoms with E-state index in [0.29, 0.717) is 0 Å². The normalized spacial score (nSPS) is 10.2. The van der Waals surface area contributed by atoms with Crippen LogP contribution in [0.2, 0.25) is 0 Å². The fraction of sp³-hybridized carbons (Fsp3) is 0.400. The van der Waals surface area contributed by atoms with Crippen LogP contribution in [0, 0.1) is 0 Å². The van der Waals surface area contributed by atoms with Gasteiger partial charge in [0.15, 0.2) is 0 Å². The molecule has 1 aromatic rings. The summed E-state index contributed by atoms with van der Waals surface area (Å²) in [5, 5.41) is 0. The number of pyridine rings is 1. The summed E-state index contributed by atoms with van der Waals surface area (Å²) >= 11 is 0. The number of aromatic nitrogens is 1. The molecule has 0 spiro atoms. The SMILES string of the molecule is CC.CN=C(C)c1cccnc1. The van der Waals surface area contributed by atoms with E-state index in [1.54, 1.807) is 13.2 Å². The second-order valence-corrected chi connectivity index (χ2v) is 2.05. The zero-order chi connectivity index (χ0) is 9.40. The maximum absolute atomic E-state index is 4.04. The molecule has 0 saturated carbocycles. The molecule has 0 aromatic carbocycles. The molecule has 0 fully saturated rings. The van der Waals surface area contributed by atoms with Gasteiger partial charge >= 0.3 is 0 Å². The van der Waals surface area contributed by atoms with E-state index in [1.165, 1.54) is 0 Å².